The Morgan fingerprint density at radius 1 is 0.963 bits per heavy atom. The minimum absolute atomic E-state index is 0.0133. The maximum atomic E-state index is 12.3. The second-order valence-electron chi connectivity index (χ2n) is 8.89. The van der Waals surface area contributed by atoms with Crippen molar-refractivity contribution in [3.05, 3.63) is 29.8 Å². The van der Waals surface area contributed by atoms with Gasteiger partial charge in [-0.2, -0.15) is 0 Å². The van der Waals surface area contributed by atoms with Gasteiger partial charge in [0.2, 0.25) is 11.8 Å². The number of para-hydroxylation sites is 1. The Morgan fingerprint density at radius 2 is 1.59 bits per heavy atom. The molecule has 0 heterocycles. The van der Waals surface area contributed by atoms with Crippen molar-refractivity contribution in [2.75, 3.05) is 18.4 Å². The Morgan fingerprint density at radius 3 is 2.22 bits per heavy atom. The second kappa shape index (κ2) is 7.63. The number of carbonyl (C=O) groups is 2. The summed E-state index contributed by atoms with van der Waals surface area (Å²) in [5.41, 5.74) is 2.10. The van der Waals surface area contributed by atoms with Crippen LogP contribution in [0.4, 0.5) is 5.69 Å². The number of amides is 2. The van der Waals surface area contributed by atoms with Crippen LogP contribution in [-0.2, 0) is 16.0 Å². The Hall–Kier alpha value is -1.88. The molecule has 4 aliphatic rings. The molecule has 5 heteroatoms. The summed E-state index contributed by atoms with van der Waals surface area (Å²) in [6.07, 6.45) is 8.71. The van der Waals surface area contributed by atoms with Crippen molar-refractivity contribution in [2.45, 2.75) is 57.4 Å². The van der Waals surface area contributed by atoms with Crippen molar-refractivity contribution >= 4 is 17.5 Å². The van der Waals surface area contributed by atoms with Gasteiger partial charge in [-0.05, 0) is 74.3 Å². The lowest BCUT2D eigenvalue weighted by molar-refractivity contribution is -0.124. The topological polar surface area (TPSA) is 70.2 Å². The number of rotatable bonds is 7. The molecule has 0 radical (unpaired) electrons. The van der Waals surface area contributed by atoms with Crippen LogP contribution in [0.1, 0.15) is 51.0 Å². The van der Waals surface area contributed by atoms with E-state index in [0.29, 0.717) is 6.54 Å². The van der Waals surface area contributed by atoms with Crippen molar-refractivity contribution in [3.63, 3.8) is 0 Å². The number of hydrogen-bond donors (Lipinski definition) is 3. The predicted molar refractivity (Wildman–Crippen MR) is 106 cm³/mol. The smallest absolute Gasteiger partial charge is 0.243 e. The molecule has 27 heavy (non-hydrogen) atoms. The molecule has 0 atom stereocenters. The van der Waals surface area contributed by atoms with Crippen LogP contribution in [-0.4, -0.2) is 30.4 Å². The first-order valence-corrected chi connectivity index (χ1v) is 10.4. The summed E-state index contributed by atoms with van der Waals surface area (Å²) in [5.74, 6) is 2.30. The third kappa shape index (κ3) is 4.18. The highest BCUT2D eigenvalue weighted by Crippen LogP contribution is 2.55. The van der Waals surface area contributed by atoms with Crippen molar-refractivity contribution in [2.24, 2.45) is 17.8 Å². The minimum Gasteiger partial charge on any atom is -0.346 e. The molecular formula is C22H31N3O2. The summed E-state index contributed by atoms with van der Waals surface area (Å²) in [6.45, 7) is 2.38. The lowest BCUT2D eigenvalue weighted by atomic mass is 9.53. The van der Waals surface area contributed by atoms with Gasteiger partial charge in [-0.25, -0.2) is 0 Å². The SMILES string of the molecule is CCc1ccccc1NC(=O)CNC(=O)CNC12CC3CC(CC(C3)C1)C2. The zero-order valence-corrected chi connectivity index (χ0v) is 16.2. The molecule has 0 aliphatic heterocycles. The summed E-state index contributed by atoms with van der Waals surface area (Å²) >= 11 is 0. The predicted octanol–water partition coefficient (Wildman–Crippen LogP) is 2.86. The number of hydrogen-bond acceptors (Lipinski definition) is 3. The highest BCUT2D eigenvalue weighted by molar-refractivity contribution is 5.95. The van der Waals surface area contributed by atoms with Crippen LogP contribution in [0.25, 0.3) is 0 Å². The largest absolute Gasteiger partial charge is 0.346 e. The van der Waals surface area contributed by atoms with Gasteiger partial charge in [0, 0.05) is 11.2 Å². The first-order chi connectivity index (χ1) is 13.0. The van der Waals surface area contributed by atoms with Gasteiger partial charge in [-0.3, -0.25) is 9.59 Å². The van der Waals surface area contributed by atoms with Gasteiger partial charge in [0.25, 0.3) is 0 Å². The van der Waals surface area contributed by atoms with E-state index in [1.807, 2.05) is 24.3 Å². The lowest BCUT2D eigenvalue weighted by Gasteiger charge is -2.57. The van der Waals surface area contributed by atoms with E-state index < -0.39 is 0 Å². The summed E-state index contributed by atoms with van der Waals surface area (Å²) in [6, 6.07) is 7.77. The Labute approximate surface area is 161 Å². The molecular weight excluding hydrogens is 338 g/mol. The molecule has 1 aromatic rings. The number of nitrogens with one attached hydrogen (secondary N) is 3. The first-order valence-electron chi connectivity index (χ1n) is 10.4. The monoisotopic (exact) mass is 369 g/mol. The average molecular weight is 370 g/mol. The quantitative estimate of drug-likeness (QED) is 0.692. The number of carbonyl (C=O) groups excluding carboxylic acids is 2. The highest BCUT2D eigenvalue weighted by atomic mass is 16.2. The second-order valence-corrected chi connectivity index (χ2v) is 8.89. The maximum absolute atomic E-state index is 12.3. The van der Waals surface area contributed by atoms with Gasteiger partial charge in [0.15, 0.2) is 0 Å². The molecule has 5 rings (SSSR count). The van der Waals surface area contributed by atoms with Gasteiger partial charge in [0.1, 0.15) is 0 Å². The van der Waals surface area contributed by atoms with Crippen LogP contribution in [0.3, 0.4) is 0 Å². The summed E-state index contributed by atoms with van der Waals surface area (Å²) in [5, 5.41) is 9.23. The van der Waals surface area contributed by atoms with E-state index in [2.05, 4.69) is 22.9 Å². The molecule has 3 N–H and O–H groups in total. The van der Waals surface area contributed by atoms with E-state index in [4.69, 9.17) is 0 Å². The molecule has 0 aromatic heterocycles. The van der Waals surface area contributed by atoms with E-state index >= 15 is 0 Å². The molecule has 4 bridgehead atoms. The standard InChI is InChI=1S/C22H31N3O2/c1-2-18-5-3-4-6-19(18)25-21(27)13-23-20(26)14-24-22-10-15-7-16(11-22)9-17(8-15)12-22/h3-6,15-17,24H,2,7-14H2,1H3,(H,23,26)(H,25,27). The molecule has 0 spiro atoms. The van der Waals surface area contributed by atoms with Crippen molar-refractivity contribution < 1.29 is 9.59 Å². The fourth-order valence-corrected chi connectivity index (χ4v) is 5.98. The van der Waals surface area contributed by atoms with Gasteiger partial charge < -0.3 is 16.0 Å². The van der Waals surface area contributed by atoms with E-state index in [9.17, 15) is 9.59 Å². The normalized spacial score (nSPS) is 30.9. The highest BCUT2D eigenvalue weighted by Gasteiger charge is 2.50. The zero-order valence-electron chi connectivity index (χ0n) is 16.2. The van der Waals surface area contributed by atoms with Crippen molar-refractivity contribution in [3.8, 4) is 0 Å². The fourth-order valence-electron chi connectivity index (χ4n) is 5.98. The van der Waals surface area contributed by atoms with E-state index in [0.717, 1.165) is 35.4 Å². The summed E-state index contributed by atoms with van der Waals surface area (Å²) in [7, 11) is 0. The third-order valence-corrected chi connectivity index (χ3v) is 6.78. The molecule has 146 valence electrons. The van der Waals surface area contributed by atoms with Crippen LogP contribution >= 0.6 is 0 Å². The van der Waals surface area contributed by atoms with Crippen LogP contribution in [0.5, 0.6) is 0 Å². The molecule has 0 saturated heterocycles. The number of benzene rings is 1. The van der Waals surface area contributed by atoms with Crippen molar-refractivity contribution in [1.82, 2.24) is 10.6 Å². The molecule has 0 unspecified atom stereocenters. The Balaban J connectivity index is 1.23. The molecule has 4 saturated carbocycles. The van der Waals surface area contributed by atoms with Gasteiger partial charge in [-0.15, -0.1) is 0 Å². The third-order valence-electron chi connectivity index (χ3n) is 6.78. The summed E-state index contributed by atoms with van der Waals surface area (Å²) < 4.78 is 0. The molecule has 4 fully saturated rings. The molecule has 4 aliphatic carbocycles. The number of anilines is 1. The molecule has 2 amide bonds. The fraction of sp³-hybridized carbons (Fsp3) is 0.636. The average Bonchev–Trinajstić information content (AvgIpc) is 2.64. The van der Waals surface area contributed by atoms with E-state index in [-0.39, 0.29) is 23.9 Å². The van der Waals surface area contributed by atoms with Crippen LogP contribution in [0, 0.1) is 17.8 Å². The maximum Gasteiger partial charge on any atom is 0.243 e. The lowest BCUT2D eigenvalue weighted by Crippen LogP contribution is -2.60. The van der Waals surface area contributed by atoms with E-state index in [1.165, 1.54) is 38.5 Å². The van der Waals surface area contributed by atoms with Crippen molar-refractivity contribution in [1.29, 1.82) is 0 Å². The van der Waals surface area contributed by atoms with Crippen LogP contribution < -0.4 is 16.0 Å². The van der Waals surface area contributed by atoms with Crippen LogP contribution in [0.15, 0.2) is 24.3 Å². The molecule has 5 nitrogen and oxygen atoms in total. The summed E-state index contributed by atoms with van der Waals surface area (Å²) in [4.78, 5) is 24.4. The first kappa shape index (κ1) is 18.5. The Kier molecular flexibility index (Phi) is 5.22. The Bertz CT molecular complexity index is 680. The minimum atomic E-state index is -0.181. The molecule has 1 aromatic carbocycles. The zero-order chi connectivity index (χ0) is 18.9. The van der Waals surface area contributed by atoms with Gasteiger partial charge in [0.05, 0.1) is 13.1 Å². The van der Waals surface area contributed by atoms with Gasteiger partial charge >= 0.3 is 0 Å². The van der Waals surface area contributed by atoms with Gasteiger partial charge in [-0.1, -0.05) is 25.1 Å². The van der Waals surface area contributed by atoms with Crippen LogP contribution in [0.2, 0.25) is 0 Å². The number of aryl methyl sites for hydroxylation is 1. The van der Waals surface area contributed by atoms with E-state index in [1.54, 1.807) is 0 Å².